The van der Waals surface area contributed by atoms with Crippen molar-refractivity contribution in [1.82, 2.24) is 5.32 Å². The molecule has 0 saturated heterocycles. The Labute approximate surface area is 190 Å². The molecule has 3 rings (SSSR count). The zero-order valence-electron chi connectivity index (χ0n) is 18.9. The van der Waals surface area contributed by atoms with Crippen LogP contribution in [0, 0.1) is 12.8 Å². The van der Waals surface area contributed by atoms with Crippen molar-refractivity contribution in [3.63, 3.8) is 0 Å². The molecule has 7 nitrogen and oxygen atoms in total. The first-order valence-electron chi connectivity index (χ1n) is 11.0. The summed E-state index contributed by atoms with van der Waals surface area (Å²) >= 11 is 0. The van der Waals surface area contributed by atoms with Crippen LogP contribution in [-0.2, 0) is 14.8 Å². The number of amides is 1. The smallest absolute Gasteiger partial charge is 0.262 e. The number of ether oxygens (including phenoxy) is 2. The molecule has 0 aromatic heterocycles. The zero-order chi connectivity index (χ0) is 23.1. The molecule has 8 heteroatoms. The van der Waals surface area contributed by atoms with Gasteiger partial charge in [0.15, 0.2) is 0 Å². The van der Waals surface area contributed by atoms with E-state index in [9.17, 15) is 13.2 Å². The number of sulfonamides is 1. The standard InChI is InChI=1S/C24H32N2O5S/c1-17-8-4-6-10-21(17)31-15-14-25-24(27)19-13-12-18(2)23(16-19)32(28,29)26-20-9-5-7-11-22(20)30-3/h5,7,9,11-13,16-17,21,26H,4,6,8,10,14-15H2,1-3H3,(H,25,27). The number of aryl methyl sites for hydroxylation is 1. The Morgan fingerprint density at radius 2 is 1.88 bits per heavy atom. The highest BCUT2D eigenvalue weighted by atomic mass is 32.2. The first kappa shape index (κ1) is 24.1. The fourth-order valence-corrected chi connectivity index (χ4v) is 5.31. The Balaban J connectivity index is 1.64. The molecule has 0 radical (unpaired) electrons. The maximum atomic E-state index is 13.0. The van der Waals surface area contributed by atoms with Crippen LogP contribution in [0.1, 0.15) is 48.5 Å². The van der Waals surface area contributed by atoms with E-state index >= 15 is 0 Å². The third-order valence-corrected chi connectivity index (χ3v) is 7.35. The molecular formula is C24H32N2O5S. The van der Waals surface area contributed by atoms with Gasteiger partial charge >= 0.3 is 0 Å². The van der Waals surface area contributed by atoms with Crippen molar-refractivity contribution in [2.24, 2.45) is 5.92 Å². The summed E-state index contributed by atoms with van der Waals surface area (Å²) in [4.78, 5) is 12.7. The molecule has 2 N–H and O–H groups in total. The molecule has 0 heterocycles. The number of methoxy groups -OCH3 is 1. The number of benzene rings is 2. The lowest BCUT2D eigenvalue weighted by Gasteiger charge is -2.28. The molecule has 1 fully saturated rings. The molecule has 174 valence electrons. The predicted molar refractivity (Wildman–Crippen MR) is 125 cm³/mol. The molecule has 32 heavy (non-hydrogen) atoms. The number of carbonyl (C=O) groups excluding carboxylic acids is 1. The van der Waals surface area contributed by atoms with E-state index in [4.69, 9.17) is 9.47 Å². The number of hydrogen-bond donors (Lipinski definition) is 2. The minimum absolute atomic E-state index is 0.0448. The summed E-state index contributed by atoms with van der Waals surface area (Å²) in [5.74, 6) is 0.619. The van der Waals surface area contributed by atoms with E-state index in [1.54, 1.807) is 43.3 Å². The van der Waals surface area contributed by atoms with Crippen LogP contribution in [0.4, 0.5) is 5.69 Å². The van der Waals surface area contributed by atoms with Crippen molar-refractivity contribution in [2.45, 2.75) is 50.5 Å². The maximum Gasteiger partial charge on any atom is 0.262 e. The fraction of sp³-hybridized carbons (Fsp3) is 0.458. The number of para-hydroxylation sites is 2. The van der Waals surface area contributed by atoms with Gasteiger partial charge in [-0.3, -0.25) is 9.52 Å². The minimum Gasteiger partial charge on any atom is -0.495 e. The van der Waals surface area contributed by atoms with Gasteiger partial charge in [-0.15, -0.1) is 0 Å². The molecule has 1 aliphatic carbocycles. The van der Waals surface area contributed by atoms with Crippen LogP contribution in [-0.4, -0.2) is 40.7 Å². The summed E-state index contributed by atoms with van der Waals surface area (Å²) in [5, 5.41) is 2.82. The zero-order valence-corrected chi connectivity index (χ0v) is 19.7. The van der Waals surface area contributed by atoms with E-state index in [0.29, 0.717) is 36.1 Å². The summed E-state index contributed by atoms with van der Waals surface area (Å²) < 4.78 is 39.7. The second-order valence-corrected chi connectivity index (χ2v) is 9.86. The van der Waals surface area contributed by atoms with Crippen LogP contribution in [0.5, 0.6) is 5.75 Å². The van der Waals surface area contributed by atoms with Crippen molar-refractivity contribution >= 4 is 21.6 Å². The minimum atomic E-state index is -3.91. The summed E-state index contributed by atoms with van der Waals surface area (Å²) in [6, 6.07) is 11.4. The number of carbonyl (C=O) groups is 1. The van der Waals surface area contributed by atoms with Gasteiger partial charge in [0.05, 0.1) is 30.4 Å². The summed E-state index contributed by atoms with van der Waals surface area (Å²) in [7, 11) is -2.44. The van der Waals surface area contributed by atoms with Gasteiger partial charge in [-0.2, -0.15) is 0 Å². The molecule has 2 atom stereocenters. The number of nitrogens with one attached hydrogen (secondary N) is 2. The van der Waals surface area contributed by atoms with Crippen LogP contribution >= 0.6 is 0 Å². The number of anilines is 1. The lowest BCUT2D eigenvalue weighted by atomic mass is 9.88. The highest BCUT2D eigenvalue weighted by molar-refractivity contribution is 7.92. The Morgan fingerprint density at radius 3 is 2.62 bits per heavy atom. The first-order valence-corrected chi connectivity index (χ1v) is 12.5. The highest BCUT2D eigenvalue weighted by Gasteiger charge is 2.22. The van der Waals surface area contributed by atoms with Crippen LogP contribution in [0.15, 0.2) is 47.4 Å². The third-order valence-electron chi connectivity index (χ3n) is 5.84. The Bertz CT molecular complexity index is 1040. The van der Waals surface area contributed by atoms with Crippen molar-refractivity contribution < 1.29 is 22.7 Å². The molecule has 1 aliphatic rings. The second-order valence-electron chi connectivity index (χ2n) is 8.21. The lowest BCUT2D eigenvalue weighted by Crippen LogP contribution is -2.32. The second kappa shape index (κ2) is 10.8. The largest absolute Gasteiger partial charge is 0.495 e. The topological polar surface area (TPSA) is 93.7 Å². The van der Waals surface area contributed by atoms with Crippen LogP contribution in [0.25, 0.3) is 0 Å². The highest BCUT2D eigenvalue weighted by Crippen LogP contribution is 2.28. The fourth-order valence-electron chi connectivity index (χ4n) is 3.97. The molecule has 2 aromatic rings. The quantitative estimate of drug-likeness (QED) is 0.549. The lowest BCUT2D eigenvalue weighted by molar-refractivity contribution is -0.00293. The Kier molecular flexibility index (Phi) is 8.15. The van der Waals surface area contributed by atoms with E-state index in [1.165, 1.54) is 32.4 Å². The normalized spacial score (nSPS) is 18.7. The maximum absolute atomic E-state index is 13.0. The van der Waals surface area contributed by atoms with E-state index < -0.39 is 10.0 Å². The summed E-state index contributed by atoms with van der Waals surface area (Å²) in [6.07, 6.45) is 4.93. The molecule has 0 spiro atoms. The Morgan fingerprint density at radius 1 is 1.12 bits per heavy atom. The van der Waals surface area contributed by atoms with E-state index in [2.05, 4.69) is 17.0 Å². The average Bonchev–Trinajstić information content (AvgIpc) is 2.78. The van der Waals surface area contributed by atoms with Gasteiger partial charge in [0.25, 0.3) is 15.9 Å². The van der Waals surface area contributed by atoms with Crippen LogP contribution < -0.4 is 14.8 Å². The molecule has 2 unspecified atom stereocenters. The molecule has 1 amide bonds. The van der Waals surface area contributed by atoms with Crippen molar-refractivity contribution in [1.29, 1.82) is 0 Å². The molecular weight excluding hydrogens is 428 g/mol. The van der Waals surface area contributed by atoms with Crippen molar-refractivity contribution in [2.75, 3.05) is 25.0 Å². The predicted octanol–water partition coefficient (Wildman–Crippen LogP) is 4.13. The Hall–Kier alpha value is -2.58. The monoisotopic (exact) mass is 460 g/mol. The van der Waals surface area contributed by atoms with Gasteiger partial charge in [0.1, 0.15) is 5.75 Å². The summed E-state index contributed by atoms with van der Waals surface area (Å²) in [5.41, 5.74) is 1.15. The number of rotatable bonds is 9. The van der Waals surface area contributed by atoms with Gasteiger partial charge in [-0.05, 0) is 55.5 Å². The van der Waals surface area contributed by atoms with E-state index in [0.717, 1.165) is 6.42 Å². The molecule has 1 saturated carbocycles. The van der Waals surface area contributed by atoms with E-state index in [1.807, 2.05) is 0 Å². The number of hydrogen-bond acceptors (Lipinski definition) is 5. The van der Waals surface area contributed by atoms with Crippen molar-refractivity contribution in [3.8, 4) is 5.75 Å². The van der Waals surface area contributed by atoms with Crippen molar-refractivity contribution in [3.05, 3.63) is 53.6 Å². The van der Waals surface area contributed by atoms with Gasteiger partial charge in [-0.25, -0.2) is 8.42 Å². The molecule has 0 bridgehead atoms. The van der Waals surface area contributed by atoms with Gasteiger partial charge < -0.3 is 14.8 Å². The molecule has 0 aliphatic heterocycles. The summed E-state index contributed by atoms with van der Waals surface area (Å²) in [6.45, 7) is 4.71. The van der Waals surface area contributed by atoms with Crippen LogP contribution in [0.3, 0.4) is 0 Å². The van der Waals surface area contributed by atoms with E-state index in [-0.39, 0.29) is 22.5 Å². The van der Waals surface area contributed by atoms with Gasteiger partial charge in [0, 0.05) is 12.1 Å². The molecule has 2 aromatic carbocycles. The first-order chi connectivity index (χ1) is 15.3. The average molecular weight is 461 g/mol. The SMILES string of the molecule is COc1ccccc1NS(=O)(=O)c1cc(C(=O)NCCOC2CCCCC2C)ccc1C. The van der Waals surface area contributed by atoms with Gasteiger partial charge in [-0.1, -0.05) is 38.0 Å². The van der Waals surface area contributed by atoms with Gasteiger partial charge in [0.2, 0.25) is 0 Å². The van der Waals surface area contributed by atoms with Crippen LogP contribution in [0.2, 0.25) is 0 Å². The third kappa shape index (κ3) is 6.01.